The minimum Gasteiger partial charge on any atom is -0.478 e. The number of carbonyl (C=O) groups is 2. The van der Waals surface area contributed by atoms with Gasteiger partial charge in [0.25, 0.3) is 0 Å². The number of aldehydes is 1. The third kappa shape index (κ3) is 3.25. The maximum Gasteiger partial charge on any atom is 0.328 e. The van der Waals surface area contributed by atoms with Crippen molar-refractivity contribution in [3.8, 4) is 11.8 Å². The van der Waals surface area contributed by atoms with Gasteiger partial charge >= 0.3 is 5.97 Å². The lowest BCUT2D eigenvalue weighted by Gasteiger charge is -1.79. The Balaban J connectivity index is 2.78. The number of carboxylic acids is 1. The molecule has 0 aromatic carbocycles. The Hall–Kier alpha value is -1.86. The second-order valence-corrected chi connectivity index (χ2v) is 3.24. The average Bonchev–Trinajstić information content (AvgIpc) is 2.59. The summed E-state index contributed by atoms with van der Waals surface area (Å²) in [6.45, 7) is 0. The Morgan fingerprint density at radius 2 is 2.36 bits per heavy atom. The first-order valence-corrected chi connectivity index (χ1v) is 4.55. The molecule has 0 saturated heterocycles. The van der Waals surface area contributed by atoms with Gasteiger partial charge in [-0.3, -0.25) is 4.79 Å². The van der Waals surface area contributed by atoms with Crippen LogP contribution in [0.15, 0.2) is 17.5 Å². The molecule has 0 saturated carbocycles. The highest BCUT2D eigenvalue weighted by atomic mass is 32.1. The molecular weight excluding hydrogens is 200 g/mol. The fraction of sp³-hybridized carbons (Fsp3) is 0. The van der Waals surface area contributed by atoms with E-state index < -0.39 is 5.97 Å². The summed E-state index contributed by atoms with van der Waals surface area (Å²) in [6, 6.07) is 1.72. The molecule has 0 fully saturated rings. The molecule has 1 N–H and O–H groups in total. The van der Waals surface area contributed by atoms with Gasteiger partial charge in [-0.2, -0.15) is 0 Å². The Kier molecular flexibility index (Phi) is 3.65. The van der Waals surface area contributed by atoms with Crippen LogP contribution in [0.3, 0.4) is 0 Å². The first-order chi connectivity index (χ1) is 6.72. The van der Waals surface area contributed by atoms with Crippen molar-refractivity contribution in [2.24, 2.45) is 0 Å². The van der Waals surface area contributed by atoms with Crippen LogP contribution in [-0.4, -0.2) is 17.4 Å². The summed E-state index contributed by atoms with van der Waals surface area (Å²) in [7, 11) is 0. The van der Waals surface area contributed by atoms with Crippen molar-refractivity contribution >= 4 is 29.7 Å². The van der Waals surface area contributed by atoms with Crippen molar-refractivity contribution in [2.75, 3.05) is 0 Å². The van der Waals surface area contributed by atoms with E-state index in [9.17, 15) is 9.59 Å². The van der Waals surface area contributed by atoms with Gasteiger partial charge in [-0.25, -0.2) is 4.79 Å². The fourth-order valence-corrected chi connectivity index (χ4v) is 1.50. The van der Waals surface area contributed by atoms with Crippen molar-refractivity contribution in [3.63, 3.8) is 0 Å². The normalized spacial score (nSPS) is 9.43. The summed E-state index contributed by atoms with van der Waals surface area (Å²) in [5.74, 6) is 3.90. The van der Waals surface area contributed by atoms with Gasteiger partial charge in [0.2, 0.25) is 0 Å². The Morgan fingerprint density at radius 1 is 1.57 bits per heavy atom. The van der Waals surface area contributed by atoms with Crippen molar-refractivity contribution in [2.45, 2.75) is 0 Å². The molecule has 1 aromatic heterocycles. The topological polar surface area (TPSA) is 54.4 Å². The lowest BCUT2D eigenvalue weighted by Crippen LogP contribution is -1.84. The Bertz CT molecular complexity index is 432. The molecule has 0 unspecified atom stereocenters. The van der Waals surface area contributed by atoms with E-state index >= 15 is 0 Å². The number of carbonyl (C=O) groups excluding carboxylic acids is 1. The zero-order valence-corrected chi connectivity index (χ0v) is 7.88. The number of hydrogen-bond donors (Lipinski definition) is 1. The minimum atomic E-state index is -0.987. The van der Waals surface area contributed by atoms with E-state index in [0.29, 0.717) is 11.8 Å². The second kappa shape index (κ2) is 5.00. The second-order valence-electron chi connectivity index (χ2n) is 2.30. The van der Waals surface area contributed by atoms with Crippen LogP contribution in [0.5, 0.6) is 0 Å². The summed E-state index contributed by atoms with van der Waals surface area (Å²) in [6.07, 6.45) is 3.06. The molecule has 1 rings (SSSR count). The molecule has 0 atom stereocenters. The van der Waals surface area contributed by atoms with E-state index in [1.54, 1.807) is 11.4 Å². The van der Waals surface area contributed by atoms with Gasteiger partial charge < -0.3 is 5.11 Å². The molecule has 1 aromatic rings. The van der Waals surface area contributed by atoms with E-state index in [4.69, 9.17) is 5.11 Å². The highest BCUT2D eigenvalue weighted by Gasteiger charge is 1.94. The molecule has 4 heteroatoms. The summed E-state index contributed by atoms with van der Waals surface area (Å²) in [5.41, 5.74) is 0.715. The average molecular weight is 206 g/mol. The van der Waals surface area contributed by atoms with Gasteiger partial charge in [-0.15, -0.1) is 11.3 Å². The fourth-order valence-electron chi connectivity index (χ4n) is 0.772. The number of hydrogen-bond acceptors (Lipinski definition) is 3. The van der Waals surface area contributed by atoms with Gasteiger partial charge in [-0.05, 0) is 18.1 Å². The zero-order chi connectivity index (χ0) is 10.4. The number of rotatable bonds is 2. The van der Waals surface area contributed by atoms with E-state index in [0.717, 1.165) is 11.0 Å². The zero-order valence-electron chi connectivity index (χ0n) is 7.06. The Morgan fingerprint density at radius 3 is 3.00 bits per heavy atom. The smallest absolute Gasteiger partial charge is 0.328 e. The molecule has 3 nitrogen and oxygen atoms in total. The molecule has 0 aliphatic rings. The van der Waals surface area contributed by atoms with Crippen LogP contribution in [0.1, 0.15) is 10.4 Å². The van der Waals surface area contributed by atoms with Crippen LogP contribution in [0, 0.1) is 11.8 Å². The molecule has 0 bridgehead atoms. The highest BCUT2D eigenvalue weighted by Crippen LogP contribution is 2.15. The van der Waals surface area contributed by atoms with Crippen LogP contribution in [0.2, 0.25) is 0 Å². The van der Waals surface area contributed by atoms with Crippen molar-refractivity contribution in [1.82, 2.24) is 0 Å². The standard InChI is InChI=1S/C10H6O3S/c11-5-1-2-8-6-9(14-7-8)3-4-10(12)13/h3-7H,(H,12,13)/b4-3+. The Labute approximate surface area is 84.7 Å². The van der Waals surface area contributed by atoms with Crippen LogP contribution in [-0.2, 0) is 9.59 Å². The monoisotopic (exact) mass is 206 g/mol. The van der Waals surface area contributed by atoms with Crippen molar-refractivity contribution < 1.29 is 14.7 Å². The summed E-state index contributed by atoms with van der Waals surface area (Å²) in [5, 5.41) is 10.1. The highest BCUT2D eigenvalue weighted by molar-refractivity contribution is 7.11. The van der Waals surface area contributed by atoms with Gasteiger partial charge in [0.15, 0.2) is 6.29 Å². The van der Waals surface area contributed by atoms with Gasteiger partial charge in [0, 0.05) is 21.9 Å². The lowest BCUT2D eigenvalue weighted by atomic mass is 10.3. The van der Waals surface area contributed by atoms with E-state index in [1.165, 1.54) is 17.4 Å². The van der Waals surface area contributed by atoms with Gasteiger partial charge in [0.05, 0.1) is 0 Å². The van der Waals surface area contributed by atoms with Crippen LogP contribution in [0.25, 0.3) is 6.08 Å². The summed E-state index contributed by atoms with van der Waals surface area (Å²) in [4.78, 5) is 20.9. The first kappa shape index (κ1) is 10.2. The predicted octanol–water partition coefficient (Wildman–Crippen LogP) is 1.40. The molecule has 0 spiro atoms. The van der Waals surface area contributed by atoms with Crippen LogP contribution in [0.4, 0.5) is 0 Å². The maximum atomic E-state index is 10.2. The third-order valence-electron chi connectivity index (χ3n) is 1.29. The molecule has 0 radical (unpaired) electrons. The van der Waals surface area contributed by atoms with Gasteiger partial charge in [-0.1, -0.05) is 5.92 Å². The minimum absolute atomic E-state index is 0.518. The molecule has 14 heavy (non-hydrogen) atoms. The molecule has 70 valence electrons. The molecule has 0 aliphatic heterocycles. The van der Waals surface area contributed by atoms with Gasteiger partial charge in [0.1, 0.15) is 0 Å². The lowest BCUT2D eigenvalue weighted by molar-refractivity contribution is -0.131. The van der Waals surface area contributed by atoms with Crippen LogP contribution >= 0.6 is 11.3 Å². The number of aliphatic carboxylic acids is 1. The van der Waals surface area contributed by atoms with E-state index in [-0.39, 0.29) is 0 Å². The molecule has 1 heterocycles. The first-order valence-electron chi connectivity index (χ1n) is 3.67. The molecular formula is C10H6O3S. The third-order valence-corrected chi connectivity index (χ3v) is 2.18. The molecule has 0 aliphatic carbocycles. The van der Waals surface area contributed by atoms with Crippen molar-refractivity contribution in [1.29, 1.82) is 0 Å². The predicted molar refractivity (Wildman–Crippen MR) is 53.9 cm³/mol. The van der Waals surface area contributed by atoms with Crippen molar-refractivity contribution in [3.05, 3.63) is 28.0 Å². The largest absolute Gasteiger partial charge is 0.478 e. The summed E-state index contributed by atoms with van der Waals surface area (Å²) >= 11 is 1.37. The van der Waals surface area contributed by atoms with E-state index in [1.807, 2.05) is 0 Å². The maximum absolute atomic E-state index is 10.2. The number of carboxylic acid groups (broad SMARTS) is 1. The molecule has 0 amide bonds. The quantitative estimate of drug-likeness (QED) is 0.452. The number of thiophene rings is 1. The van der Waals surface area contributed by atoms with E-state index in [2.05, 4.69) is 11.8 Å². The van der Waals surface area contributed by atoms with Crippen LogP contribution < -0.4 is 0 Å². The SMILES string of the molecule is O=CC#Cc1csc(/C=C/C(=O)O)c1. The summed E-state index contributed by atoms with van der Waals surface area (Å²) < 4.78 is 0.